The molecule has 0 amide bonds. The Morgan fingerprint density at radius 2 is 1.67 bits per heavy atom. The zero-order chi connectivity index (χ0) is 13.5. The standard InChI is InChI=1S/C12H11BrCl2N2S/c1-12(2,3)7-5-4-6(18-7)11-16-9(14)8(13)10(15)17-11/h4-5H,1-3H3. The second kappa shape index (κ2) is 5.08. The maximum Gasteiger partial charge on any atom is 0.172 e. The van der Waals surface area contributed by atoms with Gasteiger partial charge in [0.25, 0.3) is 0 Å². The summed E-state index contributed by atoms with van der Waals surface area (Å²) in [5.74, 6) is 0.564. The predicted molar refractivity (Wildman–Crippen MR) is 81.8 cm³/mol. The van der Waals surface area contributed by atoms with Crippen LogP contribution in [0.15, 0.2) is 16.6 Å². The summed E-state index contributed by atoms with van der Waals surface area (Å²) in [7, 11) is 0. The molecule has 0 radical (unpaired) electrons. The Labute approximate surface area is 129 Å². The van der Waals surface area contributed by atoms with Gasteiger partial charge in [-0.2, -0.15) is 0 Å². The molecule has 0 spiro atoms. The van der Waals surface area contributed by atoms with Crippen LogP contribution in [0.25, 0.3) is 10.7 Å². The van der Waals surface area contributed by atoms with Crippen molar-refractivity contribution in [1.82, 2.24) is 9.97 Å². The van der Waals surface area contributed by atoms with E-state index in [2.05, 4.69) is 52.7 Å². The maximum absolute atomic E-state index is 5.99. The normalized spacial score (nSPS) is 11.9. The van der Waals surface area contributed by atoms with Crippen molar-refractivity contribution in [3.8, 4) is 10.7 Å². The highest BCUT2D eigenvalue weighted by atomic mass is 79.9. The smallest absolute Gasteiger partial charge is 0.172 e. The van der Waals surface area contributed by atoms with Crippen LogP contribution in [0, 0.1) is 0 Å². The summed E-state index contributed by atoms with van der Waals surface area (Å²) < 4.78 is 0.530. The molecule has 96 valence electrons. The van der Waals surface area contributed by atoms with Gasteiger partial charge in [0.1, 0.15) is 10.3 Å². The first-order valence-electron chi connectivity index (χ1n) is 5.28. The molecule has 0 aliphatic carbocycles. The molecule has 0 fully saturated rings. The number of nitrogens with zero attached hydrogens (tertiary/aromatic N) is 2. The van der Waals surface area contributed by atoms with Crippen molar-refractivity contribution >= 4 is 50.5 Å². The molecule has 0 atom stereocenters. The molecule has 2 rings (SSSR count). The molecular weight excluding hydrogens is 355 g/mol. The van der Waals surface area contributed by atoms with Crippen LogP contribution in [-0.2, 0) is 5.41 Å². The van der Waals surface area contributed by atoms with E-state index in [1.807, 2.05) is 6.07 Å². The predicted octanol–water partition coefficient (Wildman–Crippen LogP) is 5.57. The van der Waals surface area contributed by atoms with Gasteiger partial charge in [0.15, 0.2) is 5.82 Å². The molecule has 0 bridgehead atoms. The van der Waals surface area contributed by atoms with Gasteiger partial charge in [0.2, 0.25) is 0 Å². The molecule has 2 heterocycles. The minimum Gasteiger partial charge on any atom is -0.214 e. The van der Waals surface area contributed by atoms with Gasteiger partial charge in [-0.1, -0.05) is 44.0 Å². The van der Waals surface area contributed by atoms with Crippen LogP contribution in [0.2, 0.25) is 10.3 Å². The minimum absolute atomic E-state index is 0.117. The lowest BCUT2D eigenvalue weighted by Crippen LogP contribution is -2.07. The Bertz CT molecular complexity index is 567. The number of hydrogen-bond donors (Lipinski definition) is 0. The molecule has 6 heteroatoms. The van der Waals surface area contributed by atoms with Gasteiger partial charge in [0.05, 0.1) is 9.35 Å². The van der Waals surface area contributed by atoms with E-state index < -0.39 is 0 Å². The first kappa shape index (κ1) is 14.3. The number of aromatic nitrogens is 2. The van der Waals surface area contributed by atoms with Crippen LogP contribution in [0.3, 0.4) is 0 Å². The van der Waals surface area contributed by atoms with E-state index in [1.54, 1.807) is 11.3 Å². The molecular formula is C12H11BrCl2N2S. The maximum atomic E-state index is 5.99. The van der Waals surface area contributed by atoms with Crippen molar-refractivity contribution < 1.29 is 0 Å². The summed E-state index contributed by atoms with van der Waals surface area (Å²) in [4.78, 5) is 10.7. The van der Waals surface area contributed by atoms with E-state index in [1.165, 1.54) is 4.88 Å². The Morgan fingerprint density at radius 3 is 2.11 bits per heavy atom. The van der Waals surface area contributed by atoms with Gasteiger partial charge >= 0.3 is 0 Å². The van der Waals surface area contributed by atoms with Crippen LogP contribution < -0.4 is 0 Å². The highest BCUT2D eigenvalue weighted by molar-refractivity contribution is 9.10. The Morgan fingerprint density at radius 1 is 1.11 bits per heavy atom. The topological polar surface area (TPSA) is 25.8 Å². The quantitative estimate of drug-likeness (QED) is 0.617. The zero-order valence-corrected chi connectivity index (χ0v) is 14.0. The van der Waals surface area contributed by atoms with Gasteiger partial charge in [0, 0.05) is 4.88 Å². The number of hydrogen-bond acceptors (Lipinski definition) is 3. The van der Waals surface area contributed by atoms with Crippen molar-refractivity contribution in [3.05, 3.63) is 31.8 Å². The van der Waals surface area contributed by atoms with Gasteiger partial charge < -0.3 is 0 Å². The van der Waals surface area contributed by atoms with Crippen LogP contribution in [0.5, 0.6) is 0 Å². The minimum atomic E-state index is 0.117. The Hall–Kier alpha value is -0.160. The molecule has 2 aromatic heterocycles. The average Bonchev–Trinajstić information content (AvgIpc) is 2.73. The van der Waals surface area contributed by atoms with Crippen molar-refractivity contribution in [2.45, 2.75) is 26.2 Å². The fourth-order valence-electron chi connectivity index (χ4n) is 1.37. The van der Waals surface area contributed by atoms with Gasteiger partial charge in [-0.15, -0.1) is 11.3 Å². The van der Waals surface area contributed by atoms with E-state index in [-0.39, 0.29) is 5.41 Å². The van der Waals surface area contributed by atoms with E-state index in [9.17, 15) is 0 Å². The van der Waals surface area contributed by atoms with Crippen LogP contribution in [-0.4, -0.2) is 9.97 Å². The molecule has 2 aromatic rings. The van der Waals surface area contributed by atoms with Crippen LogP contribution >= 0.6 is 50.5 Å². The third-order valence-corrected chi connectivity index (χ3v) is 5.60. The van der Waals surface area contributed by atoms with Crippen molar-refractivity contribution in [1.29, 1.82) is 0 Å². The fraction of sp³-hybridized carbons (Fsp3) is 0.333. The number of halogens is 3. The Kier molecular flexibility index (Phi) is 4.02. The highest BCUT2D eigenvalue weighted by Gasteiger charge is 2.18. The summed E-state index contributed by atoms with van der Waals surface area (Å²) >= 11 is 16.9. The molecule has 0 unspecified atom stereocenters. The van der Waals surface area contributed by atoms with E-state index >= 15 is 0 Å². The molecule has 0 aliphatic rings. The Balaban J connectivity index is 2.47. The summed E-state index contributed by atoms with van der Waals surface area (Å²) in [6.45, 7) is 6.51. The lowest BCUT2D eigenvalue weighted by Gasteiger charge is -2.15. The van der Waals surface area contributed by atoms with Gasteiger partial charge in [-0.25, -0.2) is 9.97 Å². The number of rotatable bonds is 1. The summed E-state index contributed by atoms with van der Waals surface area (Å²) in [6, 6.07) is 4.09. The van der Waals surface area contributed by atoms with Gasteiger partial charge in [-0.05, 0) is 33.5 Å². The van der Waals surface area contributed by atoms with E-state index in [0.717, 1.165) is 4.88 Å². The monoisotopic (exact) mass is 364 g/mol. The summed E-state index contributed by atoms with van der Waals surface area (Å²) in [5.41, 5.74) is 0.117. The highest BCUT2D eigenvalue weighted by Crippen LogP contribution is 2.36. The fourth-order valence-corrected chi connectivity index (χ4v) is 2.93. The molecule has 0 saturated heterocycles. The van der Waals surface area contributed by atoms with Crippen molar-refractivity contribution in [3.63, 3.8) is 0 Å². The van der Waals surface area contributed by atoms with Gasteiger partial charge in [-0.3, -0.25) is 0 Å². The second-order valence-corrected chi connectivity index (χ2v) is 7.45. The largest absolute Gasteiger partial charge is 0.214 e. The molecule has 0 saturated carbocycles. The first-order valence-corrected chi connectivity index (χ1v) is 7.65. The average molecular weight is 366 g/mol. The lowest BCUT2D eigenvalue weighted by molar-refractivity contribution is 0.604. The number of thiophene rings is 1. The van der Waals surface area contributed by atoms with Crippen molar-refractivity contribution in [2.24, 2.45) is 0 Å². The van der Waals surface area contributed by atoms with E-state index in [0.29, 0.717) is 20.6 Å². The zero-order valence-electron chi connectivity index (χ0n) is 10.1. The summed E-state index contributed by atoms with van der Waals surface area (Å²) in [5, 5.41) is 0.659. The third-order valence-electron chi connectivity index (χ3n) is 2.34. The molecule has 18 heavy (non-hydrogen) atoms. The van der Waals surface area contributed by atoms with E-state index in [4.69, 9.17) is 23.2 Å². The second-order valence-electron chi connectivity index (χ2n) is 4.86. The van der Waals surface area contributed by atoms with Crippen LogP contribution in [0.4, 0.5) is 0 Å². The first-order chi connectivity index (χ1) is 8.29. The molecule has 0 aromatic carbocycles. The van der Waals surface area contributed by atoms with Crippen molar-refractivity contribution in [2.75, 3.05) is 0 Å². The summed E-state index contributed by atoms with van der Waals surface area (Å²) in [6.07, 6.45) is 0. The molecule has 0 aliphatic heterocycles. The lowest BCUT2D eigenvalue weighted by atomic mass is 9.95. The SMILES string of the molecule is CC(C)(C)c1ccc(-c2nc(Cl)c(Br)c(Cl)n2)s1. The molecule has 0 N–H and O–H groups in total. The van der Waals surface area contributed by atoms with Crippen LogP contribution in [0.1, 0.15) is 25.6 Å². The molecule has 2 nitrogen and oxygen atoms in total. The third kappa shape index (κ3) is 2.87.